The van der Waals surface area contributed by atoms with Crippen molar-refractivity contribution in [2.24, 2.45) is 0 Å². The summed E-state index contributed by atoms with van der Waals surface area (Å²) in [4.78, 5) is 11.3. The largest absolute Gasteiger partial charge is 0.489 e. The fourth-order valence-corrected chi connectivity index (χ4v) is 3.52. The van der Waals surface area contributed by atoms with Gasteiger partial charge in [0.25, 0.3) is 5.17 Å². The highest BCUT2D eigenvalue weighted by molar-refractivity contribution is 7.80. The van der Waals surface area contributed by atoms with Gasteiger partial charge in [0, 0.05) is 19.6 Å². The van der Waals surface area contributed by atoms with Crippen LogP contribution in [0.1, 0.15) is 29.7 Å². The average Bonchev–Trinajstić information content (AvgIpc) is 2.87. The maximum Gasteiger partial charge on any atom is 0.333 e. The number of carboxylic acid groups (broad SMARTS) is 1. The van der Waals surface area contributed by atoms with Crippen molar-refractivity contribution in [1.82, 2.24) is 5.32 Å². The van der Waals surface area contributed by atoms with Crippen LogP contribution in [0, 0.1) is 0 Å². The second-order valence-corrected chi connectivity index (χ2v) is 7.96. The number of thiocarbonyl (C=S) groups is 1. The van der Waals surface area contributed by atoms with Gasteiger partial charge in [-0.3, -0.25) is 0 Å². The lowest BCUT2D eigenvalue weighted by molar-refractivity contribution is -0.149. The van der Waals surface area contributed by atoms with Crippen LogP contribution in [0.3, 0.4) is 0 Å². The third kappa shape index (κ3) is 8.17. The van der Waals surface area contributed by atoms with E-state index in [1.165, 1.54) is 0 Å². The number of carbonyl (C=O) groups is 1. The Morgan fingerprint density at radius 3 is 2.21 bits per heavy atom. The van der Waals surface area contributed by atoms with E-state index in [2.05, 4.69) is 5.32 Å². The normalized spacial score (nSPS) is 12.4. The Hall–Kier alpha value is -3.42. The fraction of sp³-hybridized carbons (Fsp3) is 0.259. The molecule has 0 bridgehead atoms. The molecule has 1 unspecified atom stereocenters. The van der Waals surface area contributed by atoms with Gasteiger partial charge in [-0.05, 0) is 48.0 Å². The smallest absolute Gasteiger partial charge is 0.333 e. The van der Waals surface area contributed by atoms with E-state index in [9.17, 15) is 9.90 Å². The van der Waals surface area contributed by atoms with E-state index in [0.717, 1.165) is 16.7 Å². The molecule has 2 atom stereocenters. The SMILES string of the molecule is CCO[C@@H](Cc1ccc(OCC(OC(=S)NCc2ccccc2)c2ccccc2)cc1)C(=O)O. The van der Waals surface area contributed by atoms with E-state index in [1.54, 1.807) is 6.92 Å². The van der Waals surface area contributed by atoms with Gasteiger partial charge < -0.3 is 24.6 Å². The molecule has 0 aliphatic heterocycles. The third-order valence-corrected chi connectivity index (χ3v) is 5.33. The van der Waals surface area contributed by atoms with Crippen LogP contribution in [0.4, 0.5) is 0 Å². The van der Waals surface area contributed by atoms with Gasteiger partial charge in [-0.25, -0.2) is 4.79 Å². The Balaban J connectivity index is 1.58. The lowest BCUT2D eigenvalue weighted by Gasteiger charge is -2.21. The van der Waals surface area contributed by atoms with E-state index < -0.39 is 18.2 Å². The Morgan fingerprint density at radius 1 is 0.941 bits per heavy atom. The molecule has 0 aliphatic carbocycles. The van der Waals surface area contributed by atoms with Crippen LogP contribution in [0.25, 0.3) is 0 Å². The molecule has 0 amide bonds. The first-order valence-corrected chi connectivity index (χ1v) is 11.6. The van der Waals surface area contributed by atoms with Crippen LogP contribution in [0.5, 0.6) is 5.75 Å². The molecule has 0 saturated heterocycles. The summed E-state index contributed by atoms with van der Waals surface area (Å²) in [7, 11) is 0. The summed E-state index contributed by atoms with van der Waals surface area (Å²) in [6.07, 6.45) is -0.969. The van der Waals surface area contributed by atoms with Gasteiger partial charge in [-0.1, -0.05) is 72.8 Å². The second-order valence-electron chi connectivity index (χ2n) is 7.59. The standard InChI is InChI=1S/C27H29NO5S/c1-2-31-24(26(29)30)17-20-13-15-23(16-14-20)32-19-25(22-11-7-4-8-12-22)33-27(34)28-18-21-9-5-3-6-10-21/h3-16,24-25H,2,17-19H2,1H3,(H,28,34)(H,29,30)/t24-,25?/m0/s1. The minimum atomic E-state index is -0.970. The molecular weight excluding hydrogens is 450 g/mol. The predicted molar refractivity (Wildman–Crippen MR) is 135 cm³/mol. The van der Waals surface area contributed by atoms with Crippen LogP contribution >= 0.6 is 12.2 Å². The van der Waals surface area contributed by atoms with Gasteiger partial charge >= 0.3 is 5.97 Å². The molecule has 0 heterocycles. The first kappa shape index (κ1) is 25.2. The minimum Gasteiger partial charge on any atom is -0.489 e. The molecule has 6 nitrogen and oxygen atoms in total. The molecular formula is C27H29NO5S. The quantitative estimate of drug-likeness (QED) is 0.357. The Labute approximate surface area is 205 Å². The van der Waals surface area contributed by atoms with Gasteiger partial charge in [0.05, 0.1) is 0 Å². The highest BCUT2D eigenvalue weighted by atomic mass is 32.1. The molecule has 178 valence electrons. The zero-order valence-electron chi connectivity index (χ0n) is 19.1. The topological polar surface area (TPSA) is 77.0 Å². The van der Waals surface area contributed by atoms with Crippen LogP contribution in [0.15, 0.2) is 84.9 Å². The van der Waals surface area contributed by atoms with Crippen molar-refractivity contribution >= 4 is 23.4 Å². The molecule has 0 fully saturated rings. The summed E-state index contributed by atoms with van der Waals surface area (Å²) in [6, 6.07) is 27.0. The summed E-state index contributed by atoms with van der Waals surface area (Å²) in [5.41, 5.74) is 2.91. The number of carboxylic acids is 1. The molecule has 2 N–H and O–H groups in total. The molecule has 7 heteroatoms. The maximum absolute atomic E-state index is 11.3. The van der Waals surface area contributed by atoms with E-state index >= 15 is 0 Å². The second kappa shape index (κ2) is 13.3. The lowest BCUT2D eigenvalue weighted by atomic mass is 10.1. The zero-order valence-corrected chi connectivity index (χ0v) is 19.9. The summed E-state index contributed by atoms with van der Waals surface area (Å²) in [5, 5.41) is 12.7. The maximum atomic E-state index is 11.3. The van der Waals surface area contributed by atoms with Crippen molar-refractivity contribution in [3.05, 3.63) is 102 Å². The van der Waals surface area contributed by atoms with E-state index in [1.807, 2.05) is 84.9 Å². The molecule has 0 aliphatic rings. The predicted octanol–water partition coefficient (Wildman–Crippen LogP) is 4.93. The van der Waals surface area contributed by atoms with Crippen LogP contribution < -0.4 is 10.1 Å². The molecule has 3 aromatic rings. The summed E-state index contributed by atoms with van der Waals surface area (Å²) in [5.74, 6) is -0.318. The third-order valence-electron chi connectivity index (χ3n) is 5.09. The van der Waals surface area contributed by atoms with Gasteiger partial charge in [-0.15, -0.1) is 0 Å². The molecule has 3 rings (SSSR count). The molecule has 0 radical (unpaired) electrons. The molecule has 3 aromatic carbocycles. The minimum absolute atomic E-state index is 0.257. The number of hydrogen-bond donors (Lipinski definition) is 2. The lowest BCUT2D eigenvalue weighted by Crippen LogP contribution is -2.27. The zero-order chi connectivity index (χ0) is 24.2. The van der Waals surface area contributed by atoms with Crippen molar-refractivity contribution in [2.75, 3.05) is 13.2 Å². The summed E-state index contributed by atoms with van der Waals surface area (Å²) < 4.78 is 17.3. The average molecular weight is 480 g/mol. The van der Waals surface area contributed by atoms with Crippen LogP contribution in [-0.2, 0) is 27.2 Å². The number of rotatable bonds is 12. The van der Waals surface area contributed by atoms with Gasteiger partial charge in [0.1, 0.15) is 12.4 Å². The number of ether oxygens (including phenoxy) is 3. The highest BCUT2D eigenvalue weighted by Gasteiger charge is 2.19. The molecule has 0 aromatic heterocycles. The number of benzene rings is 3. The van der Waals surface area contributed by atoms with Crippen molar-refractivity contribution in [2.45, 2.75) is 32.1 Å². The summed E-state index contributed by atoms with van der Waals surface area (Å²) >= 11 is 5.41. The van der Waals surface area contributed by atoms with Crippen molar-refractivity contribution in [1.29, 1.82) is 0 Å². The van der Waals surface area contributed by atoms with E-state index in [0.29, 0.717) is 30.5 Å². The number of hydrogen-bond acceptors (Lipinski definition) is 5. The summed E-state index contributed by atoms with van der Waals surface area (Å²) in [6.45, 7) is 2.96. The van der Waals surface area contributed by atoms with Crippen LogP contribution in [0.2, 0.25) is 0 Å². The molecule has 34 heavy (non-hydrogen) atoms. The van der Waals surface area contributed by atoms with Gasteiger partial charge in [0.2, 0.25) is 0 Å². The van der Waals surface area contributed by atoms with Crippen molar-refractivity contribution in [3.63, 3.8) is 0 Å². The number of aliphatic carboxylic acids is 1. The van der Waals surface area contributed by atoms with E-state index in [4.69, 9.17) is 26.4 Å². The van der Waals surface area contributed by atoms with Crippen molar-refractivity contribution < 1.29 is 24.1 Å². The Morgan fingerprint density at radius 2 is 1.59 bits per heavy atom. The highest BCUT2D eigenvalue weighted by Crippen LogP contribution is 2.21. The van der Waals surface area contributed by atoms with Crippen molar-refractivity contribution in [3.8, 4) is 5.75 Å². The van der Waals surface area contributed by atoms with Gasteiger partial charge in [-0.2, -0.15) is 0 Å². The fourth-order valence-electron chi connectivity index (χ4n) is 3.33. The van der Waals surface area contributed by atoms with Crippen LogP contribution in [-0.4, -0.2) is 35.6 Å². The first-order chi connectivity index (χ1) is 16.5. The Kier molecular flexibility index (Phi) is 9.88. The number of nitrogens with one attached hydrogen (secondary N) is 1. The van der Waals surface area contributed by atoms with E-state index in [-0.39, 0.29) is 6.61 Å². The first-order valence-electron chi connectivity index (χ1n) is 11.1. The molecule has 0 spiro atoms. The van der Waals surface area contributed by atoms with Gasteiger partial charge in [0.15, 0.2) is 12.2 Å². The monoisotopic (exact) mass is 479 g/mol. The Bertz CT molecular complexity index is 1030. The molecule has 0 saturated carbocycles.